The number of benzene rings is 1. The topological polar surface area (TPSA) is 55.6 Å². The molecule has 0 amide bonds. The summed E-state index contributed by atoms with van der Waals surface area (Å²) in [6.45, 7) is 7.32. The van der Waals surface area contributed by atoms with Crippen LogP contribution >= 0.6 is 0 Å². The Labute approximate surface area is 114 Å². The second-order valence-electron chi connectivity index (χ2n) is 4.74. The van der Waals surface area contributed by atoms with Gasteiger partial charge in [0.1, 0.15) is 0 Å². The molecule has 1 N–H and O–H groups in total. The molecule has 0 aliphatic heterocycles. The number of hydrogen-bond donors (Lipinski definition) is 1. The molecule has 0 saturated carbocycles. The van der Waals surface area contributed by atoms with E-state index in [9.17, 15) is 0 Å². The van der Waals surface area contributed by atoms with E-state index in [2.05, 4.69) is 53.7 Å². The molecule has 0 bridgehead atoms. The summed E-state index contributed by atoms with van der Waals surface area (Å²) in [4.78, 5) is 0. The highest BCUT2D eigenvalue weighted by atomic mass is 15.6. The second-order valence-corrected chi connectivity index (χ2v) is 4.74. The summed E-state index contributed by atoms with van der Waals surface area (Å²) in [5, 5.41) is 15.5. The minimum Gasteiger partial charge on any atom is -0.307 e. The van der Waals surface area contributed by atoms with Crippen molar-refractivity contribution >= 4 is 0 Å². The predicted molar refractivity (Wildman–Crippen MR) is 74.8 cm³/mol. The highest BCUT2D eigenvalue weighted by Crippen LogP contribution is 2.19. The van der Waals surface area contributed by atoms with Crippen molar-refractivity contribution in [3.05, 3.63) is 41.7 Å². The SMILES string of the molecule is CCCNC(C)c1nnnn1C(C)c1ccccc1. The van der Waals surface area contributed by atoms with E-state index in [1.165, 1.54) is 5.56 Å². The molecule has 5 nitrogen and oxygen atoms in total. The zero-order chi connectivity index (χ0) is 13.7. The van der Waals surface area contributed by atoms with Crippen LogP contribution in [0.15, 0.2) is 30.3 Å². The average molecular weight is 259 g/mol. The maximum Gasteiger partial charge on any atom is 0.168 e. The highest BCUT2D eigenvalue weighted by molar-refractivity contribution is 5.19. The van der Waals surface area contributed by atoms with Gasteiger partial charge < -0.3 is 5.32 Å². The Morgan fingerprint density at radius 1 is 1.21 bits per heavy atom. The Hall–Kier alpha value is -1.75. The molecule has 1 heterocycles. The Kier molecular flexibility index (Phi) is 4.63. The first kappa shape index (κ1) is 13.7. The van der Waals surface area contributed by atoms with Crippen LogP contribution < -0.4 is 5.32 Å². The van der Waals surface area contributed by atoms with E-state index >= 15 is 0 Å². The number of nitrogens with zero attached hydrogens (tertiary/aromatic N) is 4. The third-order valence-corrected chi connectivity index (χ3v) is 3.25. The van der Waals surface area contributed by atoms with Gasteiger partial charge in [0.15, 0.2) is 5.82 Å². The monoisotopic (exact) mass is 259 g/mol. The lowest BCUT2D eigenvalue weighted by Crippen LogP contribution is -2.24. The molecule has 0 saturated heterocycles. The second kappa shape index (κ2) is 6.43. The van der Waals surface area contributed by atoms with E-state index in [0.717, 1.165) is 18.8 Å². The van der Waals surface area contributed by atoms with Gasteiger partial charge in [-0.05, 0) is 42.8 Å². The molecule has 2 rings (SSSR count). The third kappa shape index (κ3) is 3.17. The molecule has 2 unspecified atom stereocenters. The molecule has 2 atom stereocenters. The van der Waals surface area contributed by atoms with E-state index in [1.807, 2.05) is 22.9 Å². The quantitative estimate of drug-likeness (QED) is 0.865. The van der Waals surface area contributed by atoms with Gasteiger partial charge in [-0.25, -0.2) is 4.68 Å². The van der Waals surface area contributed by atoms with Crippen molar-refractivity contribution in [1.29, 1.82) is 0 Å². The Morgan fingerprint density at radius 2 is 1.95 bits per heavy atom. The molecule has 0 aliphatic carbocycles. The molecule has 5 heteroatoms. The molecular weight excluding hydrogens is 238 g/mol. The van der Waals surface area contributed by atoms with Gasteiger partial charge in [0, 0.05) is 0 Å². The summed E-state index contributed by atoms with van der Waals surface area (Å²) in [6.07, 6.45) is 1.10. The maximum atomic E-state index is 4.15. The van der Waals surface area contributed by atoms with Crippen LogP contribution in [-0.2, 0) is 0 Å². The summed E-state index contributed by atoms with van der Waals surface area (Å²) < 4.78 is 1.89. The molecule has 0 aliphatic rings. The van der Waals surface area contributed by atoms with Crippen LogP contribution in [0.25, 0.3) is 0 Å². The summed E-state index contributed by atoms with van der Waals surface area (Å²) >= 11 is 0. The molecule has 102 valence electrons. The smallest absolute Gasteiger partial charge is 0.168 e. The predicted octanol–water partition coefficient (Wildman–Crippen LogP) is 2.34. The summed E-state index contributed by atoms with van der Waals surface area (Å²) in [6, 6.07) is 10.6. The number of hydrogen-bond acceptors (Lipinski definition) is 4. The van der Waals surface area contributed by atoms with Gasteiger partial charge in [0.25, 0.3) is 0 Å². The Bertz CT molecular complexity index is 494. The van der Waals surface area contributed by atoms with Crippen molar-refractivity contribution in [1.82, 2.24) is 25.5 Å². The van der Waals surface area contributed by atoms with Gasteiger partial charge in [0.2, 0.25) is 0 Å². The third-order valence-electron chi connectivity index (χ3n) is 3.25. The number of rotatable bonds is 6. The Morgan fingerprint density at radius 3 is 2.63 bits per heavy atom. The molecule has 0 fully saturated rings. The first-order valence-corrected chi connectivity index (χ1v) is 6.80. The standard InChI is InChI=1S/C14H21N5/c1-4-10-15-11(2)14-16-17-18-19(14)12(3)13-8-6-5-7-9-13/h5-9,11-12,15H,4,10H2,1-3H3. The molecule has 2 aromatic rings. The van der Waals surface area contributed by atoms with Gasteiger partial charge in [0.05, 0.1) is 12.1 Å². The molecule has 1 aromatic carbocycles. The van der Waals surface area contributed by atoms with Crippen LogP contribution in [0.1, 0.15) is 50.7 Å². The van der Waals surface area contributed by atoms with Crippen molar-refractivity contribution in [2.24, 2.45) is 0 Å². The fourth-order valence-electron chi connectivity index (χ4n) is 2.09. The lowest BCUT2D eigenvalue weighted by Gasteiger charge is -2.17. The zero-order valence-corrected chi connectivity index (χ0v) is 11.7. The van der Waals surface area contributed by atoms with Crippen LogP contribution in [0.2, 0.25) is 0 Å². The number of tetrazole rings is 1. The zero-order valence-electron chi connectivity index (χ0n) is 11.7. The normalized spacial score (nSPS) is 14.3. The van der Waals surface area contributed by atoms with E-state index in [0.29, 0.717) is 0 Å². The molecular formula is C14H21N5. The van der Waals surface area contributed by atoms with Crippen LogP contribution in [0.4, 0.5) is 0 Å². The van der Waals surface area contributed by atoms with Gasteiger partial charge in [-0.2, -0.15) is 0 Å². The summed E-state index contributed by atoms with van der Waals surface area (Å²) in [7, 11) is 0. The average Bonchev–Trinajstić information content (AvgIpc) is 2.94. The van der Waals surface area contributed by atoms with E-state index in [-0.39, 0.29) is 12.1 Å². The van der Waals surface area contributed by atoms with Crippen molar-refractivity contribution in [3.8, 4) is 0 Å². The fraction of sp³-hybridized carbons (Fsp3) is 0.500. The lowest BCUT2D eigenvalue weighted by atomic mass is 10.1. The molecule has 0 radical (unpaired) electrons. The van der Waals surface area contributed by atoms with Gasteiger partial charge in [-0.15, -0.1) is 5.10 Å². The van der Waals surface area contributed by atoms with Gasteiger partial charge in [-0.3, -0.25) is 0 Å². The lowest BCUT2D eigenvalue weighted by molar-refractivity contribution is 0.464. The van der Waals surface area contributed by atoms with Crippen LogP contribution in [-0.4, -0.2) is 26.8 Å². The number of aromatic nitrogens is 4. The minimum atomic E-state index is 0.136. The summed E-state index contributed by atoms with van der Waals surface area (Å²) in [5.74, 6) is 0.879. The van der Waals surface area contributed by atoms with Gasteiger partial charge in [-0.1, -0.05) is 37.3 Å². The van der Waals surface area contributed by atoms with Crippen LogP contribution in [0.3, 0.4) is 0 Å². The fourth-order valence-corrected chi connectivity index (χ4v) is 2.09. The van der Waals surface area contributed by atoms with Crippen molar-refractivity contribution in [2.45, 2.75) is 39.3 Å². The number of nitrogens with one attached hydrogen (secondary N) is 1. The first-order valence-electron chi connectivity index (χ1n) is 6.80. The van der Waals surface area contributed by atoms with Crippen molar-refractivity contribution in [2.75, 3.05) is 6.54 Å². The summed E-state index contributed by atoms with van der Waals surface area (Å²) in [5.41, 5.74) is 1.21. The molecule has 19 heavy (non-hydrogen) atoms. The van der Waals surface area contributed by atoms with E-state index in [1.54, 1.807) is 0 Å². The van der Waals surface area contributed by atoms with E-state index < -0.39 is 0 Å². The van der Waals surface area contributed by atoms with E-state index in [4.69, 9.17) is 0 Å². The van der Waals surface area contributed by atoms with Crippen LogP contribution in [0.5, 0.6) is 0 Å². The van der Waals surface area contributed by atoms with Crippen molar-refractivity contribution < 1.29 is 0 Å². The minimum absolute atomic E-state index is 0.136. The molecule has 0 spiro atoms. The molecule has 1 aromatic heterocycles. The largest absolute Gasteiger partial charge is 0.307 e. The Balaban J connectivity index is 2.19. The first-order chi connectivity index (χ1) is 9.24. The van der Waals surface area contributed by atoms with Gasteiger partial charge >= 0.3 is 0 Å². The van der Waals surface area contributed by atoms with Crippen molar-refractivity contribution in [3.63, 3.8) is 0 Å². The van der Waals surface area contributed by atoms with Crippen LogP contribution in [0, 0.1) is 0 Å². The highest BCUT2D eigenvalue weighted by Gasteiger charge is 2.18. The maximum absolute atomic E-state index is 4.15.